The van der Waals surface area contributed by atoms with Crippen molar-refractivity contribution >= 4 is 61.2 Å². The number of benzene rings is 2. The summed E-state index contributed by atoms with van der Waals surface area (Å²) in [6.07, 6.45) is 7.30. The minimum atomic E-state index is -4.01. The average Bonchev–Trinajstić information content (AvgIpc) is 3.34. The van der Waals surface area contributed by atoms with Crippen molar-refractivity contribution in [2.24, 2.45) is 0 Å². The highest BCUT2D eigenvalue weighted by Crippen LogP contribution is 2.47. The van der Waals surface area contributed by atoms with Crippen LogP contribution in [0, 0.1) is 13.8 Å². The Balaban J connectivity index is 1.61. The maximum atomic E-state index is 11.3. The van der Waals surface area contributed by atoms with Crippen LogP contribution in [0.1, 0.15) is 55.2 Å². The van der Waals surface area contributed by atoms with E-state index >= 15 is 0 Å². The Morgan fingerprint density at radius 2 is 1.79 bits per heavy atom. The summed E-state index contributed by atoms with van der Waals surface area (Å²) in [7, 11) is -4.01. The normalized spacial score (nSPS) is 14.9. The Hall–Kier alpha value is -2.66. The molecule has 10 heteroatoms. The van der Waals surface area contributed by atoms with E-state index in [9.17, 15) is 17.8 Å². The number of carbonyl (C=O) groups is 1. The molecule has 0 saturated carbocycles. The van der Waals surface area contributed by atoms with Gasteiger partial charge in [0.25, 0.3) is 15.1 Å². The van der Waals surface area contributed by atoms with Gasteiger partial charge in [-0.25, -0.2) is 0 Å². The first kappa shape index (κ1) is 29.3. The zero-order chi connectivity index (χ0) is 28.2. The van der Waals surface area contributed by atoms with Gasteiger partial charge in [-0.15, -0.1) is 0 Å². The highest BCUT2D eigenvalue weighted by atomic mass is 32.2. The zero-order valence-corrected chi connectivity index (χ0v) is 25.0. The molecule has 1 aliphatic rings. The number of hydrogen-bond donors (Lipinski definition) is 2. The number of aliphatic carboxylic acids is 1. The van der Waals surface area contributed by atoms with Crippen LogP contribution in [0.15, 0.2) is 58.0 Å². The monoisotopic (exact) mass is 587 g/mol. The number of aromatic nitrogens is 1. The topological polar surface area (TPSA) is 98.8 Å². The number of allylic oxidation sites excluding steroid dienone is 2. The molecule has 4 rings (SSSR count). The van der Waals surface area contributed by atoms with Crippen LogP contribution in [0.5, 0.6) is 0 Å². The Kier molecular flexibility index (Phi) is 9.53. The van der Waals surface area contributed by atoms with Crippen LogP contribution in [-0.2, 0) is 21.5 Å². The third-order valence-electron chi connectivity index (χ3n) is 6.53. The number of nitrogens with zero attached hydrogens (tertiary/aromatic N) is 2. The highest BCUT2D eigenvalue weighted by Gasteiger charge is 2.25. The second kappa shape index (κ2) is 12.7. The summed E-state index contributed by atoms with van der Waals surface area (Å²) in [4.78, 5) is 14.4. The smallest absolute Gasteiger partial charge is 0.303 e. The van der Waals surface area contributed by atoms with Crippen molar-refractivity contribution in [3.63, 3.8) is 0 Å². The predicted octanol–water partition coefficient (Wildman–Crippen LogP) is 6.59. The molecule has 0 radical (unpaired) electrons. The first-order valence-electron chi connectivity index (χ1n) is 13.1. The summed E-state index contributed by atoms with van der Waals surface area (Å²) >= 11 is 3.41. The average molecular weight is 588 g/mol. The van der Waals surface area contributed by atoms with Gasteiger partial charge in [-0.05, 0) is 74.6 Å². The highest BCUT2D eigenvalue weighted by molar-refractivity contribution is 8.03. The van der Waals surface area contributed by atoms with Crippen LogP contribution >= 0.6 is 23.1 Å². The molecule has 39 heavy (non-hydrogen) atoms. The van der Waals surface area contributed by atoms with Gasteiger partial charge in [0, 0.05) is 36.4 Å². The second-order valence-electron chi connectivity index (χ2n) is 10.0. The number of hydrogen-bond acceptors (Lipinski definition) is 6. The molecule has 0 bridgehead atoms. The molecule has 2 heterocycles. The van der Waals surface area contributed by atoms with E-state index in [0.717, 1.165) is 50.8 Å². The number of rotatable bonds is 12. The van der Waals surface area contributed by atoms with Crippen LogP contribution in [-0.4, -0.2) is 36.3 Å². The van der Waals surface area contributed by atoms with Gasteiger partial charge in [-0.1, -0.05) is 41.7 Å². The number of fused-ring (bicyclic) bond motifs is 2. The van der Waals surface area contributed by atoms with Crippen LogP contribution in [0.2, 0.25) is 0 Å². The van der Waals surface area contributed by atoms with Gasteiger partial charge in [0.1, 0.15) is 4.70 Å². The molecule has 0 saturated heterocycles. The van der Waals surface area contributed by atoms with Gasteiger partial charge in [0.15, 0.2) is 6.54 Å². The van der Waals surface area contributed by atoms with Gasteiger partial charge >= 0.3 is 5.97 Å². The number of carboxylic acids is 1. The van der Waals surface area contributed by atoms with Crippen molar-refractivity contribution < 1.29 is 27.4 Å². The SMILES string of the molecule is CC(=Cc1sc2ccc(C)cc2[n+]1CCCS(=O)(=O)O)C=C1Sc2ccc(C)cc2N1CCCCCC(=O)O. The summed E-state index contributed by atoms with van der Waals surface area (Å²) in [6.45, 7) is 7.51. The molecule has 0 spiro atoms. The van der Waals surface area contributed by atoms with E-state index in [1.165, 1.54) is 16.1 Å². The largest absolute Gasteiger partial charge is 0.481 e. The first-order valence-corrected chi connectivity index (χ1v) is 16.3. The van der Waals surface area contributed by atoms with E-state index in [4.69, 9.17) is 5.11 Å². The maximum absolute atomic E-state index is 11.3. The number of carboxylic acid groups (broad SMARTS) is 1. The van der Waals surface area contributed by atoms with Gasteiger partial charge in [0.05, 0.1) is 16.5 Å². The van der Waals surface area contributed by atoms with E-state index in [1.54, 1.807) is 23.1 Å². The van der Waals surface area contributed by atoms with E-state index < -0.39 is 16.1 Å². The van der Waals surface area contributed by atoms with E-state index in [-0.39, 0.29) is 12.2 Å². The summed E-state index contributed by atoms with van der Waals surface area (Å²) in [5.41, 5.74) is 5.65. The number of thiazole rings is 1. The minimum Gasteiger partial charge on any atom is -0.481 e. The molecule has 0 atom stereocenters. The van der Waals surface area contributed by atoms with Crippen molar-refractivity contribution in [1.82, 2.24) is 0 Å². The third kappa shape index (κ3) is 7.94. The molecule has 1 aromatic heterocycles. The summed E-state index contributed by atoms with van der Waals surface area (Å²) < 4.78 is 35.1. The zero-order valence-electron chi connectivity index (χ0n) is 22.5. The second-order valence-corrected chi connectivity index (χ2v) is 13.7. The molecule has 0 aliphatic carbocycles. The molecular formula is C29H35N2O5S3+. The van der Waals surface area contributed by atoms with Crippen molar-refractivity contribution in [2.45, 2.75) is 64.3 Å². The number of unbranched alkanes of at least 4 members (excludes halogenated alkanes) is 2. The first-order chi connectivity index (χ1) is 18.5. The summed E-state index contributed by atoms with van der Waals surface area (Å²) in [5.74, 6) is -1.02. The van der Waals surface area contributed by atoms with Crippen LogP contribution in [0.3, 0.4) is 0 Å². The molecule has 208 valence electrons. The fourth-order valence-electron chi connectivity index (χ4n) is 4.66. The van der Waals surface area contributed by atoms with Gasteiger partial charge in [-0.2, -0.15) is 13.0 Å². The number of anilines is 1. The Morgan fingerprint density at radius 1 is 1.05 bits per heavy atom. The standard InChI is InChI=1S/C29H34N2O5S3/c1-20-9-11-25-23(16-20)30(13-6-4-5-8-29(32)33)27(37-25)18-22(3)19-28-31(14-7-15-39(34,35)36)24-17-21(2)10-12-26(24)38-28/h9-12,16-19H,4-8,13-15H2,1-3H3,(H-,32,33,34,35,36)/p+1. The predicted molar refractivity (Wildman–Crippen MR) is 160 cm³/mol. The number of thioether (sulfide) groups is 1. The van der Waals surface area contributed by atoms with Crippen LogP contribution < -0.4 is 9.47 Å². The summed E-state index contributed by atoms with van der Waals surface area (Å²) in [5, 5.41) is 11.1. The van der Waals surface area contributed by atoms with E-state index in [2.05, 4.69) is 71.9 Å². The lowest BCUT2D eigenvalue weighted by molar-refractivity contribution is -0.668. The number of aryl methyl sites for hydroxylation is 3. The third-order valence-corrected chi connectivity index (χ3v) is 9.56. The maximum Gasteiger partial charge on any atom is 0.303 e. The Morgan fingerprint density at radius 3 is 2.54 bits per heavy atom. The van der Waals surface area contributed by atoms with E-state index in [1.807, 2.05) is 6.92 Å². The van der Waals surface area contributed by atoms with Crippen LogP contribution in [0.25, 0.3) is 16.3 Å². The van der Waals surface area contributed by atoms with Crippen molar-refractivity contribution in [1.29, 1.82) is 0 Å². The quantitative estimate of drug-likeness (QED) is 0.140. The van der Waals surface area contributed by atoms with E-state index in [0.29, 0.717) is 19.4 Å². The molecule has 0 unspecified atom stereocenters. The van der Waals surface area contributed by atoms with Crippen molar-refractivity contribution in [3.8, 4) is 0 Å². The van der Waals surface area contributed by atoms with Crippen molar-refractivity contribution in [3.05, 3.63) is 69.2 Å². The lowest BCUT2D eigenvalue weighted by Crippen LogP contribution is -2.36. The fourth-order valence-corrected chi connectivity index (χ4v) is 7.51. The van der Waals surface area contributed by atoms with Gasteiger partial charge < -0.3 is 10.0 Å². The molecule has 1 aliphatic heterocycles. The van der Waals surface area contributed by atoms with Gasteiger partial charge in [-0.3, -0.25) is 9.35 Å². The molecule has 2 aromatic carbocycles. The molecule has 3 aromatic rings. The minimum absolute atomic E-state index is 0.202. The Bertz CT molecular complexity index is 1540. The lowest BCUT2D eigenvalue weighted by atomic mass is 10.1. The lowest BCUT2D eigenvalue weighted by Gasteiger charge is -2.21. The molecule has 0 fully saturated rings. The Labute approximate surface area is 238 Å². The fraction of sp³-hybridized carbons (Fsp3) is 0.379. The van der Waals surface area contributed by atoms with Crippen LogP contribution in [0.4, 0.5) is 5.69 Å². The van der Waals surface area contributed by atoms with Gasteiger partial charge in [0.2, 0.25) is 5.52 Å². The molecule has 0 amide bonds. The molecule has 7 nitrogen and oxygen atoms in total. The molecule has 2 N–H and O–H groups in total. The van der Waals surface area contributed by atoms with Crippen molar-refractivity contribution in [2.75, 3.05) is 17.2 Å². The molecular weight excluding hydrogens is 553 g/mol. The summed E-state index contributed by atoms with van der Waals surface area (Å²) in [6, 6.07) is 12.8.